The van der Waals surface area contributed by atoms with Gasteiger partial charge in [0.1, 0.15) is 0 Å². The monoisotopic (exact) mass is 331 g/mol. The van der Waals surface area contributed by atoms with E-state index >= 15 is 0 Å². The topological polar surface area (TPSA) is 102 Å². The first-order chi connectivity index (χ1) is 10.7. The molecule has 7 nitrogen and oxygen atoms in total. The average molecular weight is 331 g/mol. The second-order valence-corrected chi connectivity index (χ2v) is 6.97. The van der Waals surface area contributed by atoms with E-state index in [9.17, 15) is 9.59 Å². The van der Waals surface area contributed by atoms with Gasteiger partial charge in [0, 0.05) is 30.5 Å². The molecule has 0 unspecified atom stereocenters. The van der Waals surface area contributed by atoms with Gasteiger partial charge in [-0.1, -0.05) is 6.42 Å². The molecular weight excluding hydrogens is 306 g/mol. The van der Waals surface area contributed by atoms with Gasteiger partial charge >= 0.3 is 6.03 Å². The molecule has 22 heavy (non-hydrogen) atoms. The van der Waals surface area contributed by atoms with Crippen molar-refractivity contribution in [2.45, 2.75) is 43.0 Å². The number of amides is 3. The van der Waals surface area contributed by atoms with Gasteiger partial charge in [0.05, 0.1) is 25.3 Å². The number of urea groups is 1. The van der Waals surface area contributed by atoms with Gasteiger partial charge in [-0.3, -0.25) is 4.79 Å². The van der Waals surface area contributed by atoms with Crippen LogP contribution in [0.15, 0.2) is 0 Å². The predicted octanol–water partition coefficient (Wildman–Crippen LogP) is -0.475. The molecule has 2 aliphatic heterocycles. The van der Waals surface area contributed by atoms with E-state index < -0.39 is 0 Å². The molecule has 0 aliphatic carbocycles. The molecule has 0 aromatic carbocycles. The molecule has 3 atom stereocenters. The Morgan fingerprint density at radius 1 is 1.23 bits per heavy atom. The normalized spacial score (nSPS) is 26.5. The third kappa shape index (κ3) is 4.50. The zero-order valence-electron chi connectivity index (χ0n) is 12.7. The molecule has 3 amide bonds. The van der Waals surface area contributed by atoms with Crippen molar-refractivity contribution in [3.05, 3.63) is 0 Å². The van der Waals surface area contributed by atoms with E-state index in [2.05, 4.69) is 10.6 Å². The Hall–Kier alpha value is -0.990. The fourth-order valence-corrected chi connectivity index (χ4v) is 4.57. The van der Waals surface area contributed by atoms with Crippen molar-refractivity contribution in [1.82, 2.24) is 15.5 Å². The fraction of sp³-hybridized carbons (Fsp3) is 0.857. The molecule has 4 N–H and O–H groups in total. The molecular formula is C14H25N3O4S. The molecule has 0 bridgehead atoms. The maximum Gasteiger partial charge on any atom is 0.315 e. The Bertz CT molecular complexity index is 390. The van der Waals surface area contributed by atoms with Crippen LogP contribution >= 0.6 is 11.8 Å². The number of carbonyl (C=O) groups excluding carboxylic acids is 2. The van der Waals surface area contributed by atoms with Gasteiger partial charge in [0.25, 0.3) is 0 Å². The van der Waals surface area contributed by atoms with Crippen molar-refractivity contribution in [2.24, 2.45) is 0 Å². The van der Waals surface area contributed by atoms with Gasteiger partial charge in [-0.25, -0.2) is 4.79 Å². The van der Waals surface area contributed by atoms with Crippen LogP contribution in [-0.4, -0.2) is 76.4 Å². The van der Waals surface area contributed by atoms with E-state index in [0.717, 1.165) is 25.0 Å². The first-order valence-electron chi connectivity index (χ1n) is 7.84. The summed E-state index contributed by atoms with van der Waals surface area (Å²) in [6, 6.07) is 0.390. The van der Waals surface area contributed by atoms with Gasteiger partial charge < -0.3 is 25.7 Å². The summed E-state index contributed by atoms with van der Waals surface area (Å²) in [5, 5.41) is 24.1. The number of aliphatic hydroxyl groups is 2. The van der Waals surface area contributed by atoms with Crippen molar-refractivity contribution in [2.75, 3.05) is 32.1 Å². The lowest BCUT2D eigenvalue weighted by Gasteiger charge is -2.21. The van der Waals surface area contributed by atoms with Crippen molar-refractivity contribution in [1.29, 1.82) is 0 Å². The van der Waals surface area contributed by atoms with Crippen LogP contribution in [0.3, 0.4) is 0 Å². The van der Waals surface area contributed by atoms with E-state index in [1.165, 1.54) is 4.90 Å². The molecule has 126 valence electrons. The summed E-state index contributed by atoms with van der Waals surface area (Å²) in [7, 11) is 0. The highest BCUT2D eigenvalue weighted by Gasteiger charge is 2.42. The Labute approximate surface area is 134 Å². The molecule has 2 heterocycles. The van der Waals surface area contributed by atoms with Crippen molar-refractivity contribution < 1.29 is 19.8 Å². The highest BCUT2D eigenvalue weighted by atomic mass is 32.2. The van der Waals surface area contributed by atoms with Crippen LogP contribution < -0.4 is 10.6 Å². The quantitative estimate of drug-likeness (QED) is 0.338. The Balaban J connectivity index is 1.64. The summed E-state index contributed by atoms with van der Waals surface area (Å²) in [5.74, 6) is 0.934. The summed E-state index contributed by atoms with van der Waals surface area (Å²) >= 11 is 1.88. The van der Waals surface area contributed by atoms with Crippen molar-refractivity contribution in [3.8, 4) is 0 Å². The zero-order chi connectivity index (χ0) is 15.9. The smallest absolute Gasteiger partial charge is 0.315 e. The van der Waals surface area contributed by atoms with Gasteiger partial charge in [0.15, 0.2) is 0 Å². The maximum atomic E-state index is 12.0. The second-order valence-electron chi connectivity index (χ2n) is 5.70. The number of hydrogen-bond donors (Lipinski definition) is 4. The summed E-state index contributed by atoms with van der Waals surface area (Å²) in [6.45, 7) is 0.388. The number of carbonyl (C=O) groups is 2. The third-order valence-corrected chi connectivity index (χ3v) is 5.67. The van der Waals surface area contributed by atoms with E-state index in [1.807, 2.05) is 11.8 Å². The largest absolute Gasteiger partial charge is 0.395 e. The van der Waals surface area contributed by atoms with Gasteiger partial charge in [-0.15, -0.1) is 0 Å². The molecule has 8 heteroatoms. The van der Waals surface area contributed by atoms with Crippen molar-refractivity contribution >= 4 is 23.7 Å². The van der Waals surface area contributed by atoms with Crippen LogP contribution in [-0.2, 0) is 4.79 Å². The maximum absolute atomic E-state index is 12.0. The second kappa shape index (κ2) is 8.59. The minimum atomic E-state index is -0.0831. The SMILES string of the molecule is O=C1N[C@H]2[C@H](CS[C@H]2CCCCC(=O)N(CCO)CCO)N1. The zero-order valence-corrected chi connectivity index (χ0v) is 13.5. The lowest BCUT2D eigenvalue weighted by Crippen LogP contribution is -2.37. The molecule has 0 aromatic rings. The molecule has 2 rings (SSSR count). The highest BCUT2D eigenvalue weighted by molar-refractivity contribution is 8.00. The van der Waals surface area contributed by atoms with Gasteiger partial charge in [-0.2, -0.15) is 11.8 Å². The molecule has 0 aromatic heterocycles. The summed E-state index contributed by atoms with van der Waals surface area (Å²) in [4.78, 5) is 24.8. The van der Waals surface area contributed by atoms with E-state index in [0.29, 0.717) is 11.7 Å². The van der Waals surface area contributed by atoms with Crippen LogP contribution in [0.1, 0.15) is 25.7 Å². The molecule has 2 saturated heterocycles. The lowest BCUT2D eigenvalue weighted by molar-refractivity contribution is -0.132. The number of fused-ring (bicyclic) bond motifs is 1. The number of aliphatic hydroxyl groups excluding tert-OH is 2. The predicted molar refractivity (Wildman–Crippen MR) is 84.7 cm³/mol. The summed E-state index contributed by atoms with van der Waals surface area (Å²) in [6.07, 6.45) is 3.16. The molecule has 0 radical (unpaired) electrons. The summed E-state index contributed by atoms with van der Waals surface area (Å²) < 4.78 is 0. The van der Waals surface area contributed by atoms with Gasteiger partial charge in [-0.05, 0) is 12.8 Å². The Kier molecular flexibility index (Phi) is 6.78. The number of nitrogens with zero attached hydrogens (tertiary/aromatic N) is 1. The number of nitrogens with one attached hydrogen (secondary N) is 2. The molecule has 2 aliphatic rings. The van der Waals surface area contributed by atoms with Gasteiger partial charge in [0.2, 0.25) is 5.91 Å². The summed E-state index contributed by atoms with van der Waals surface area (Å²) in [5.41, 5.74) is 0. The first kappa shape index (κ1) is 17.4. The average Bonchev–Trinajstić information content (AvgIpc) is 3.03. The van der Waals surface area contributed by atoms with Crippen LogP contribution in [0.5, 0.6) is 0 Å². The molecule has 0 spiro atoms. The highest BCUT2D eigenvalue weighted by Crippen LogP contribution is 2.33. The van der Waals surface area contributed by atoms with Crippen LogP contribution in [0.2, 0.25) is 0 Å². The van der Waals surface area contributed by atoms with E-state index in [-0.39, 0.29) is 50.3 Å². The van der Waals surface area contributed by atoms with Crippen LogP contribution in [0, 0.1) is 0 Å². The molecule has 2 fully saturated rings. The van der Waals surface area contributed by atoms with E-state index in [1.54, 1.807) is 0 Å². The number of unbranched alkanes of at least 4 members (excludes halogenated alkanes) is 1. The standard InChI is InChI=1S/C14H25N3O4S/c18-7-5-17(6-8-19)12(20)4-2-1-3-11-13-10(9-22-11)15-14(21)16-13/h10-11,13,18-19H,1-9H2,(H2,15,16,21)/t10-,11-,13-/m0/s1. The number of thioether (sulfide) groups is 1. The minimum absolute atomic E-state index is 0.0177. The Morgan fingerprint density at radius 3 is 2.64 bits per heavy atom. The fourth-order valence-electron chi connectivity index (χ4n) is 3.03. The number of hydrogen-bond acceptors (Lipinski definition) is 5. The molecule has 0 saturated carbocycles. The lowest BCUT2D eigenvalue weighted by atomic mass is 10.0. The Morgan fingerprint density at radius 2 is 1.95 bits per heavy atom. The van der Waals surface area contributed by atoms with Crippen LogP contribution in [0.4, 0.5) is 4.79 Å². The van der Waals surface area contributed by atoms with Crippen LogP contribution in [0.25, 0.3) is 0 Å². The van der Waals surface area contributed by atoms with Crippen molar-refractivity contribution in [3.63, 3.8) is 0 Å². The first-order valence-corrected chi connectivity index (χ1v) is 8.88. The number of rotatable bonds is 9. The van der Waals surface area contributed by atoms with E-state index in [4.69, 9.17) is 10.2 Å². The third-order valence-electron chi connectivity index (χ3n) is 4.16. The minimum Gasteiger partial charge on any atom is -0.395 e.